The highest BCUT2D eigenvalue weighted by molar-refractivity contribution is 7.13. The van der Waals surface area contributed by atoms with E-state index in [0.717, 1.165) is 5.56 Å². The fraction of sp³-hybridized carbons (Fsp3) is 0.150. The highest BCUT2D eigenvalue weighted by Gasteiger charge is 2.16. The van der Waals surface area contributed by atoms with Crippen molar-refractivity contribution >= 4 is 22.9 Å². The number of thiazole rings is 1. The van der Waals surface area contributed by atoms with E-state index in [1.807, 2.05) is 31.2 Å². The van der Waals surface area contributed by atoms with Crippen LogP contribution in [-0.4, -0.2) is 24.6 Å². The molecule has 1 aromatic heterocycles. The average molecular weight is 379 g/mol. The summed E-state index contributed by atoms with van der Waals surface area (Å²) >= 11 is 1.36. The van der Waals surface area contributed by atoms with Crippen LogP contribution in [0.25, 0.3) is 10.6 Å². The van der Waals surface area contributed by atoms with E-state index in [-0.39, 0.29) is 11.6 Å². The van der Waals surface area contributed by atoms with Gasteiger partial charge in [-0.05, 0) is 37.3 Å². The van der Waals surface area contributed by atoms with Gasteiger partial charge < -0.3 is 14.8 Å². The smallest absolute Gasteiger partial charge is 0.275 e. The van der Waals surface area contributed by atoms with Crippen molar-refractivity contribution in [3.05, 3.63) is 59.1 Å². The number of carbonyl (C=O) groups excluding carboxylic acids is 1. The highest BCUT2D eigenvalue weighted by Crippen LogP contribution is 2.32. The largest absolute Gasteiger partial charge is 0.496 e. The highest BCUT2D eigenvalue weighted by atomic mass is 32.1. The van der Waals surface area contributed by atoms with E-state index >= 15 is 0 Å². The fourth-order valence-corrected chi connectivity index (χ4v) is 3.32. The van der Waals surface area contributed by atoms with E-state index in [4.69, 9.17) is 14.7 Å². The number of nitrogens with zero attached hydrogens (tertiary/aromatic N) is 2. The van der Waals surface area contributed by atoms with Crippen LogP contribution in [0.4, 0.5) is 5.69 Å². The third kappa shape index (κ3) is 4.07. The lowest BCUT2D eigenvalue weighted by molar-refractivity contribution is 0.102. The molecule has 0 saturated heterocycles. The van der Waals surface area contributed by atoms with Gasteiger partial charge in [0.05, 0.1) is 36.6 Å². The third-order valence-electron chi connectivity index (χ3n) is 3.73. The maximum absolute atomic E-state index is 12.6. The Morgan fingerprint density at radius 3 is 2.81 bits per heavy atom. The van der Waals surface area contributed by atoms with Gasteiger partial charge in [0.1, 0.15) is 22.2 Å². The average Bonchev–Trinajstić information content (AvgIpc) is 3.19. The molecule has 1 N–H and O–H groups in total. The molecule has 0 aliphatic carbocycles. The predicted molar refractivity (Wildman–Crippen MR) is 104 cm³/mol. The zero-order valence-corrected chi connectivity index (χ0v) is 15.7. The van der Waals surface area contributed by atoms with Gasteiger partial charge in [-0.1, -0.05) is 12.1 Å². The molecule has 0 bridgehead atoms. The molecule has 0 spiro atoms. The van der Waals surface area contributed by atoms with Crippen LogP contribution in [0.1, 0.15) is 23.0 Å². The molecule has 3 aromatic rings. The molecule has 0 radical (unpaired) electrons. The molecule has 0 aliphatic heterocycles. The van der Waals surface area contributed by atoms with Gasteiger partial charge in [0, 0.05) is 5.38 Å². The Hall–Kier alpha value is -3.37. The van der Waals surface area contributed by atoms with Crippen LogP contribution in [0.5, 0.6) is 11.5 Å². The molecule has 1 amide bonds. The van der Waals surface area contributed by atoms with Crippen molar-refractivity contribution in [3.63, 3.8) is 0 Å². The van der Waals surface area contributed by atoms with Crippen molar-refractivity contribution in [1.82, 2.24) is 4.98 Å². The van der Waals surface area contributed by atoms with Crippen LogP contribution in [-0.2, 0) is 0 Å². The summed E-state index contributed by atoms with van der Waals surface area (Å²) in [5.74, 6) is 0.827. The van der Waals surface area contributed by atoms with E-state index in [0.29, 0.717) is 34.4 Å². The van der Waals surface area contributed by atoms with Crippen molar-refractivity contribution in [2.75, 3.05) is 19.0 Å². The first kappa shape index (κ1) is 18.4. The molecular weight excluding hydrogens is 362 g/mol. The second-order valence-corrected chi connectivity index (χ2v) is 6.31. The molecule has 7 heteroatoms. The second-order valence-electron chi connectivity index (χ2n) is 5.45. The summed E-state index contributed by atoms with van der Waals surface area (Å²) in [5, 5.41) is 14.2. The van der Waals surface area contributed by atoms with Crippen molar-refractivity contribution in [2.24, 2.45) is 0 Å². The van der Waals surface area contributed by atoms with Gasteiger partial charge in [-0.3, -0.25) is 4.79 Å². The summed E-state index contributed by atoms with van der Waals surface area (Å²) in [7, 11) is 1.59. The number of aromatic nitrogens is 1. The van der Waals surface area contributed by atoms with E-state index in [2.05, 4.69) is 16.4 Å². The van der Waals surface area contributed by atoms with Crippen molar-refractivity contribution < 1.29 is 14.3 Å². The summed E-state index contributed by atoms with van der Waals surface area (Å²) in [5.41, 5.74) is 1.98. The first-order chi connectivity index (χ1) is 13.2. The lowest BCUT2D eigenvalue weighted by Crippen LogP contribution is -2.13. The number of nitriles is 1. The summed E-state index contributed by atoms with van der Waals surface area (Å²) < 4.78 is 10.9. The minimum atomic E-state index is -0.372. The SMILES string of the molecule is CCOc1ccc(C#N)cc1NC(=O)c1csc(-c2ccccc2OC)n1. The summed E-state index contributed by atoms with van der Waals surface area (Å²) in [6.45, 7) is 2.30. The number of hydrogen-bond acceptors (Lipinski definition) is 6. The number of rotatable bonds is 6. The molecule has 0 unspecified atom stereocenters. The number of carbonyl (C=O) groups is 1. The second kappa shape index (κ2) is 8.34. The van der Waals surface area contributed by atoms with Crippen LogP contribution in [0.15, 0.2) is 47.8 Å². The number of hydrogen-bond donors (Lipinski definition) is 1. The summed E-state index contributed by atoms with van der Waals surface area (Å²) in [6, 6.07) is 14.4. The molecule has 6 nitrogen and oxygen atoms in total. The van der Waals surface area contributed by atoms with Gasteiger partial charge in [0.2, 0.25) is 0 Å². The summed E-state index contributed by atoms with van der Waals surface area (Å²) in [6.07, 6.45) is 0. The Morgan fingerprint density at radius 2 is 2.07 bits per heavy atom. The lowest BCUT2D eigenvalue weighted by atomic mass is 10.2. The number of nitrogens with one attached hydrogen (secondary N) is 1. The molecule has 0 aliphatic rings. The monoisotopic (exact) mass is 379 g/mol. The van der Waals surface area contributed by atoms with Gasteiger partial charge in [-0.15, -0.1) is 11.3 Å². The van der Waals surface area contributed by atoms with Gasteiger partial charge in [0.15, 0.2) is 0 Å². The standard InChI is InChI=1S/C20H17N3O3S/c1-3-26-18-9-8-13(11-21)10-15(18)22-19(24)16-12-27-20(23-16)14-6-4-5-7-17(14)25-2/h4-10,12H,3H2,1-2H3,(H,22,24). The predicted octanol–water partition coefficient (Wildman–Crippen LogP) is 4.34. The first-order valence-electron chi connectivity index (χ1n) is 8.23. The summed E-state index contributed by atoms with van der Waals surface area (Å²) in [4.78, 5) is 17.1. The molecular formula is C20H17N3O3S. The Balaban J connectivity index is 1.86. The number of amides is 1. The van der Waals surface area contributed by atoms with Crippen LogP contribution >= 0.6 is 11.3 Å². The van der Waals surface area contributed by atoms with Crippen LogP contribution in [0.2, 0.25) is 0 Å². The molecule has 0 atom stereocenters. The minimum Gasteiger partial charge on any atom is -0.496 e. The number of anilines is 1. The maximum atomic E-state index is 12.6. The quantitative estimate of drug-likeness (QED) is 0.689. The fourth-order valence-electron chi connectivity index (χ4n) is 2.49. The Morgan fingerprint density at radius 1 is 1.26 bits per heavy atom. The van der Waals surface area contributed by atoms with Crippen LogP contribution < -0.4 is 14.8 Å². The number of methoxy groups -OCH3 is 1. The van der Waals surface area contributed by atoms with Crippen LogP contribution in [0.3, 0.4) is 0 Å². The maximum Gasteiger partial charge on any atom is 0.275 e. The van der Waals surface area contributed by atoms with Crippen molar-refractivity contribution in [1.29, 1.82) is 5.26 Å². The zero-order chi connectivity index (χ0) is 19.2. The van der Waals surface area contributed by atoms with Gasteiger partial charge in [-0.2, -0.15) is 5.26 Å². The Kier molecular flexibility index (Phi) is 5.69. The Labute approximate surface area is 161 Å². The zero-order valence-electron chi connectivity index (χ0n) is 14.9. The third-order valence-corrected chi connectivity index (χ3v) is 4.61. The van der Waals surface area contributed by atoms with E-state index in [1.54, 1.807) is 30.7 Å². The molecule has 136 valence electrons. The van der Waals surface area contributed by atoms with Gasteiger partial charge in [-0.25, -0.2) is 4.98 Å². The normalized spacial score (nSPS) is 10.1. The van der Waals surface area contributed by atoms with Crippen molar-refractivity contribution in [2.45, 2.75) is 6.92 Å². The van der Waals surface area contributed by atoms with E-state index < -0.39 is 0 Å². The Bertz CT molecular complexity index is 1010. The number of ether oxygens (including phenoxy) is 2. The van der Waals surface area contributed by atoms with Gasteiger partial charge >= 0.3 is 0 Å². The molecule has 2 aromatic carbocycles. The lowest BCUT2D eigenvalue weighted by Gasteiger charge is -2.11. The molecule has 3 rings (SSSR count). The van der Waals surface area contributed by atoms with E-state index in [9.17, 15) is 4.79 Å². The van der Waals surface area contributed by atoms with Crippen molar-refractivity contribution in [3.8, 4) is 28.1 Å². The molecule has 1 heterocycles. The molecule has 0 fully saturated rings. The van der Waals surface area contributed by atoms with Crippen LogP contribution in [0, 0.1) is 11.3 Å². The molecule has 0 saturated carbocycles. The minimum absolute atomic E-state index is 0.283. The van der Waals surface area contributed by atoms with E-state index in [1.165, 1.54) is 11.3 Å². The number of benzene rings is 2. The topological polar surface area (TPSA) is 84.2 Å². The van der Waals surface area contributed by atoms with Gasteiger partial charge in [0.25, 0.3) is 5.91 Å². The first-order valence-corrected chi connectivity index (χ1v) is 9.11. The number of para-hydroxylation sites is 1. The molecule has 27 heavy (non-hydrogen) atoms.